The molecule has 0 aliphatic carbocycles. The molecule has 0 bridgehead atoms. The lowest BCUT2D eigenvalue weighted by Gasteiger charge is -2.21. The molecule has 0 fully saturated rings. The summed E-state index contributed by atoms with van der Waals surface area (Å²) in [4.78, 5) is 26.8. The molecule has 0 aliphatic heterocycles. The first kappa shape index (κ1) is 47.7. The SMILES string of the molecule is CCCCCCCCCCOC(=O)OCCCCN(CCO)CCCCCCCC(=O)OC(CCCCCCCC)CCCCCCCC. The number of esters is 1. The summed E-state index contributed by atoms with van der Waals surface area (Å²) >= 11 is 0. The normalized spacial score (nSPS) is 11.5. The summed E-state index contributed by atoms with van der Waals surface area (Å²) in [7, 11) is 0. The molecule has 0 unspecified atom stereocenters. The first-order valence-electron chi connectivity index (χ1n) is 21.4. The van der Waals surface area contributed by atoms with Crippen molar-refractivity contribution in [3.05, 3.63) is 0 Å². The number of aliphatic hydroxyl groups excluding tert-OH is 1. The molecule has 0 radical (unpaired) electrons. The van der Waals surface area contributed by atoms with Gasteiger partial charge in [0.25, 0.3) is 0 Å². The Morgan fingerprint density at radius 1 is 0.490 bits per heavy atom. The molecule has 1 N–H and O–H groups in total. The molecule has 0 aromatic rings. The predicted octanol–water partition coefficient (Wildman–Crippen LogP) is 12.1. The van der Waals surface area contributed by atoms with Gasteiger partial charge in [0.15, 0.2) is 0 Å². The molecular formula is C42H83NO6. The Morgan fingerprint density at radius 3 is 1.37 bits per heavy atom. The maximum Gasteiger partial charge on any atom is 0.508 e. The van der Waals surface area contributed by atoms with Gasteiger partial charge in [0.2, 0.25) is 0 Å². The second-order valence-electron chi connectivity index (χ2n) is 14.4. The Balaban J connectivity index is 3.97. The van der Waals surface area contributed by atoms with Gasteiger partial charge in [-0.1, -0.05) is 149 Å². The van der Waals surface area contributed by atoms with Gasteiger partial charge < -0.3 is 24.2 Å². The van der Waals surface area contributed by atoms with E-state index in [4.69, 9.17) is 14.2 Å². The van der Waals surface area contributed by atoms with Gasteiger partial charge in [-0.05, 0) is 70.9 Å². The second kappa shape index (κ2) is 39.4. The number of rotatable bonds is 39. The minimum Gasteiger partial charge on any atom is -0.462 e. The van der Waals surface area contributed by atoms with Crippen LogP contribution in [0.4, 0.5) is 4.79 Å². The molecule has 0 saturated carbocycles. The van der Waals surface area contributed by atoms with Gasteiger partial charge >= 0.3 is 12.1 Å². The Kier molecular flexibility index (Phi) is 38.4. The van der Waals surface area contributed by atoms with Gasteiger partial charge in [-0.25, -0.2) is 4.79 Å². The fourth-order valence-electron chi connectivity index (χ4n) is 6.45. The molecule has 0 aliphatic rings. The van der Waals surface area contributed by atoms with Crippen molar-refractivity contribution in [1.82, 2.24) is 4.90 Å². The number of carbonyl (C=O) groups excluding carboxylic acids is 2. The summed E-state index contributed by atoms with van der Waals surface area (Å²) < 4.78 is 16.4. The Hall–Kier alpha value is -1.34. The fraction of sp³-hybridized carbons (Fsp3) is 0.952. The first-order chi connectivity index (χ1) is 24.1. The predicted molar refractivity (Wildman–Crippen MR) is 206 cm³/mol. The fourth-order valence-corrected chi connectivity index (χ4v) is 6.45. The van der Waals surface area contributed by atoms with Gasteiger partial charge in [-0.3, -0.25) is 4.79 Å². The van der Waals surface area contributed by atoms with Crippen LogP contribution in [0.2, 0.25) is 0 Å². The minimum absolute atomic E-state index is 0.00294. The highest BCUT2D eigenvalue weighted by Crippen LogP contribution is 2.18. The van der Waals surface area contributed by atoms with Gasteiger partial charge in [0, 0.05) is 13.0 Å². The maximum absolute atomic E-state index is 12.7. The lowest BCUT2D eigenvalue weighted by atomic mass is 10.0. The zero-order valence-corrected chi connectivity index (χ0v) is 33.0. The minimum atomic E-state index is -0.551. The average Bonchev–Trinajstić information content (AvgIpc) is 3.09. The van der Waals surface area contributed by atoms with E-state index in [0.717, 1.165) is 83.7 Å². The molecule has 7 heteroatoms. The molecule has 0 atom stereocenters. The topological polar surface area (TPSA) is 85.3 Å². The summed E-state index contributed by atoms with van der Waals surface area (Å²) in [5.74, 6) is -0.00294. The molecule has 0 saturated heterocycles. The molecule has 0 aromatic carbocycles. The van der Waals surface area contributed by atoms with Gasteiger partial charge in [0.05, 0.1) is 19.8 Å². The monoisotopic (exact) mass is 698 g/mol. The molecular weight excluding hydrogens is 614 g/mol. The Bertz CT molecular complexity index is 674. The molecule has 0 aromatic heterocycles. The third-order valence-electron chi connectivity index (χ3n) is 9.64. The number of hydrogen-bond acceptors (Lipinski definition) is 7. The number of hydrogen-bond donors (Lipinski definition) is 1. The van der Waals surface area contributed by atoms with E-state index in [1.54, 1.807) is 0 Å². The number of ether oxygens (including phenoxy) is 3. The first-order valence-corrected chi connectivity index (χ1v) is 21.4. The molecule has 292 valence electrons. The second-order valence-corrected chi connectivity index (χ2v) is 14.4. The van der Waals surface area contributed by atoms with Gasteiger partial charge in [0.1, 0.15) is 6.10 Å². The maximum atomic E-state index is 12.7. The number of aliphatic hydroxyl groups is 1. The van der Waals surface area contributed by atoms with E-state index in [2.05, 4.69) is 25.7 Å². The van der Waals surface area contributed by atoms with Crippen LogP contribution in [0.5, 0.6) is 0 Å². The summed E-state index contributed by atoms with van der Waals surface area (Å²) in [6.45, 7) is 10.3. The van der Waals surface area contributed by atoms with Gasteiger partial charge in [-0.15, -0.1) is 0 Å². The molecule has 7 nitrogen and oxygen atoms in total. The van der Waals surface area contributed by atoms with Crippen molar-refractivity contribution in [2.45, 2.75) is 219 Å². The van der Waals surface area contributed by atoms with Crippen molar-refractivity contribution in [3.63, 3.8) is 0 Å². The van der Waals surface area contributed by atoms with E-state index in [9.17, 15) is 14.7 Å². The standard InChI is InChI=1S/C42H83NO6/c1-4-7-10-13-16-17-23-29-38-47-42(46)48-39-30-28-35-43(36-37-44)34-27-22-18-21-26-33-41(45)49-40(31-24-19-14-11-8-5-2)32-25-20-15-12-9-6-3/h40,44H,4-39H2,1-3H3. The number of unbranched alkanes of at least 4 members (excludes halogenated alkanes) is 22. The van der Waals surface area contributed by atoms with Crippen LogP contribution in [-0.2, 0) is 19.0 Å². The highest BCUT2D eigenvalue weighted by Gasteiger charge is 2.14. The summed E-state index contributed by atoms with van der Waals surface area (Å²) in [5.41, 5.74) is 0. The molecule has 0 amide bonds. The summed E-state index contributed by atoms with van der Waals surface area (Å²) in [6, 6.07) is 0. The van der Waals surface area contributed by atoms with Crippen LogP contribution in [0.1, 0.15) is 213 Å². The third kappa shape index (κ3) is 36.3. The van der Waals surface area contributed by atoms with Crippen molar-refractivity contribution in [2.75, 3.05) is 39.5 Å². The molecule has 49 heavy (non-hydrogen) atoms. The van der Waals surface area contributed by atoms with Crippen molar-refractivity contribution in [2.24, 2.45) is 0 Å². The molecule has 0 heterocycles. The lowest BCUT2D eigenvalue weighted by molar-refractivity contribution is -0.150. The van der Waals surface area contributed by atoms with Crippen molar-refractivity contribution in [3.8, 4) is 0 Å². The van der Waals surface area contributed by atoms with E-state index in [-0.39, 0.29) is 18.7 Å². The van der Waals surface area contributed by atoms with Crippen molar-refractivity contribution >= 4 is 12.1 Å². The average molecular weight is 698 g/mol. The van der Waals surface area contributed by atoms with Crippen molar-refractivity contribution < 1.29 is 28.9 Å². The Morgan fingerprint density at radius 2 is 0.878 bits per heavy atom. The van der Waals surface area contributed by atoms with Crippen LogP contribution >= 0.6 is 0 Å². The largest absolute Gasteiger partial charge is 0.508 e. The van der Waals surface area contributed by atoms with E-state index < -0.39 is 6.16 Å². The van der Waals surface area contributed by atoms with Crippen LogP contribution in [0.25, 0.3) is 0 Å². The van der Waals surface area contributed by atoms with Crippen molar-refractivity contribution in [1.29, 1.82) is 0 Å². The van der Waals surface area contributed by atoms with Crippen LogP contribution in [0.15, 0.2) is 0 Å². The molecule has 0 spiro atoms. The highest BCUT2D eigenvalue weighted by atomic mass is 16.7. The summed E-state index contributed by atoms with van der Waals surface area (Å²) in [5, 5.41) is 9.50. The zero-order chi connectivity index (χ0) is 35.9. The van der Waals surface area contributed by atoms with E-state index in [0.29, 0.717) is 26.2 Å². The Labute approximate surface area is 304 Å². The zero-order valence-electron chi connectivity index (χ0n) is 33.0. The van der Waals surface area contributed by atoms with Gasteiger partial charge in [-0.2, -0.15) is 0 Å². The van der Waals surface area contributed by atoms with E-state index in [1.165, 1.54) is 116 Å². The van der Waals surface area contributed by atoms with Crippen LogP contribution in [0, 0.1) is 0 Å². The third-order valence-corrected chi connectivity index (χ3v) is 9.64. The van der Waals surface area contributed by atoms with Crippen LogP contribution in [0.3, 0.4) is 0 Å². The number of carbonyl (C=O) groups is 2. The van der Waals surface area contributed by atoms with E-state index in [1.807, 2.05) is 0 Å². The van der Waals surface area contributed by atoms with E-state index >= 15 is 0 Å². The summed E-state index contributed by atoms with van der Waals surface area (Å²) in [6.07, 6.45) is 34.2. The quantitative estimate of drug-likeness (QED) is 0.0505. The molecule has 0 rings (SSSR count). The highest BCUT2D eigenvalue weighted by molar-refractivity contribution is 5.69. The number of nitrogens with zero attached hydrogens (tertiary/aromatic N) is 1. The van der Waals surface area contributed by atoms with Crippen LogP contribution in [-0.4, -0.2) is 67.7 Å². The van der Waals surface area contributed by atoms with Crippen LogP contribution < -0.4 is 0 Å². The smallest absolute Gasteiger partial charge is 0.462 e. The lowest BCUT2D eigenvalue weighted by Crippen LogP contribution is -2.29.